The number of carbonyl (C=O) groups is 1. The summed E-state index contributed by atoms with van der Waals surface area (Å²) in [5.74, 6) is -0.478. The van der Waals surface area contributed by atoms with Gasteiger partial charge in [0.15, 0.2) is 0 Å². The average Bonchev–Trinajstić information content (AvgIpc) is 2.55. The lowest BCUT2D eigenvalue weighted by Gasteiger charge is -2.12. The predicted octanol–water partition coefficient (Wildman–Crippen LogP) is 2.69. The molecule has 0 heterocycles. The Morgan fingerprint density at radius 1 is 1.22 bits per heavy atom. The third-order valence-electron chi connectivity index (χ3n) is 3.33. The summed E-state index contributed by atoms with van der Waals surface area (Å²) >= 11 is 0. The molecule has 0 radical (unpaired) electrons. The van der Waals surface area contributed by atoms with Crippen LogP contribution < -0.4 is 5.32 Å². The zero-order valence-corrected chi connectivity index (χ0v) is 13.1. The van der Waals surface area contributed by atoms with Gasteiger partial charge in [0, 0.05) is 24.2 Å². The molecule has 0 fully saturated rings. The minimum absolute atomic E-state index is 0.229. The normalized spacial score (nSPS) is 10.4. The number of rotatable bonds is 5. The second-order valence-corrected chi connectivity index (χ2v) is 5.54. The maximum absolute atomic E-state index is 13.7. The van der Waals surface area contributed by atoms with Crippen molar-refractivity contribution in [3.05, 3.63) is 70.5 Å². The van der Waals surface area contributed by atoms with Crippen molar-refractivity contribution >= 4 is 5.91 Å². The predicted molar refractivity (Wildman–Crippen MR) is 86.1 cm³/mol. The maximum atomic E-state index is 13.7. The minimum Gasteiger partial charge on any atom is -0.348 e. The van der Waals surface area contributed by atoms with Crippen LogP contribution in [0.15, 0.2) is 42.5 Å². The molecule has 2 aromatic rings. The van der Waals surface area contributed by atoms with Gasteiger partial charge in [-0.3, -0.25) is 4.79 Å². The van der Waals surface area contributed by atoms with Crippen LogP contribution in [0.1, 0.15) is 27.0 Å². The summed E-state index contributed by atoms with van der Waals surface area (Å²) in [5, 5.41) is 11.5. The van der Waals surface area contributed by atoms with Gasteiger partial charge in [-0.2, -0.15) is 5.26 Å². The van der Waals surface area contributed by atoms with Crippen LogP contribution in [-0.2, 0) is 13.1 Å². The summed E-state index contributed by atoms with van der Waals surface area (Å²) in [7, 11) is 3.75. The second kappa shape index (κ2) is 7.52. The SMILES string of the molecule is CN(C)Cc1cc(CNC(=O)c2ccc(C#N)cc2)ccc1F. The van der Waals surface area contributed by atoms with Crippen molar-refractivity contribution < 1.29 is 9.18 Å². The van der Waals surface area contributed by atoms with Crippen molar-refractivity contribution in [3.8, 4) is 6.07 Å². The Labute approximate surface area is 135 Å². The summed E-state index contributed by atoms with van der Waals surface area (Å²) < 4.78 is 13.7. The molecule has 0 bridgehead atoms. The molecule has 2 aromatic carbocycles. The zero-order valence-electron chi connectivity index (χ0n) is 13.1. The van der Waals surface area contributed by atoms with E-state index in [1.54, 1.807) is 36.4 Å². The first-order valence-corrected chi connectivity index (χ1v) is 7.20. The highest BCUT2D eigenvalue weighted by Crippen LogP contribution is 2.12. The van der Waals surface area contributed by atoms with Gasteiger partial charge in [0.05, 0.1) is 11.6 Å². The molecule has 0 aromatic heterocycles. The van der Waals surface area contributed by atoms with Crippen molar-refractivity contribution in [2.75, 3.05) is 14.1 Å². The summed E-state index contributed by atoms with van der Waals surface area (Å²) in [4.78, 5) is 14.0. The van der Waals surface area contributed by atoms with Crippen molar-refractivity contribution in [2.24, 2.45) is 0 Å². The minimum atomic E-state index is -0.249. The summed E-state index contributed by atoms with van der Waals surface area (Å²) in [6.07, 6.45) is 0. The Morgan fingerprint density at radius 2 is 1.91 bits per heavy atom. The Hall–Kier alpha value is -2.71. The first kappa shape index (κ1) is 16.7. The van der Waals surface area contributed by atoms with Crippen LogP contribution in [0, 0.1) is 17.1 Å². The Kier molecular flexibility index (Phi) is 5.45. The fourth-order valence-corrected chi connectivity index (χ4v) is 2.18. The van der Waals surface area contributed by atoms with E-state index in [2.05, 4.69) is 5.32 Å². The lowest BCUT2D eigenvalue weighted by Crippen LogP contribution is -2.23. The largest absolute Gasteiger partial charge is 0.348 e. The van der Waals surface area contributed by atoms with E-state index in [1.807, 2.05) is 25.1 Å². The van der Waals surface area contributed by atoms with Gasteiger partial charge < -0.3 is 10.2 Å². The number of benzene rings is 2. The smallest absolute Gasteiger partial charge is 0.251 e. The van der Waals surface area contributed by atoms with Crippen LogP contribution in [0.2, 0.25) is 0 Å². The molecule has 0 saturated heterocycles. The molecule has 118 valence electrons. The van der Waals surface area contributed by atoms with E-state index in [9.17, 15) is 9.18 Å². The molecular formula is C18H18FN3O. The van der Waals surface area contributed by atoms with Gasteiger partial charge in [0.2, 0.25) is 0 Å². The topological polar surface area (TPSA) is 56.1 Å². The average molecular weight is 311 g/mol. The first-order chi connectivity index (χ1) is 11.0. The van der Waals surface area contributed by atoms with Crippen LogP contribution >= 0.6 is 0 Å². The highest BCUT2D eigenvalue weighted by atomic mass is 19.1. The highest BCUT2D eigenvalue weighted by molar-refractivity contribution is 5.94. The molecule has 23 heavy (non-hydrogen) atoms. The monoisotopic (exact) mass is 311 g/mol. The molecule has 0 aliphatic heterocycles. The van der Waals surface area contributed by atoms with Crippen molar-refractivity contribution in [1.29, 1.82) is 5.26 Å². The van der Waals surface area contributed by atoms with Crippen LogP contribution in [0.3, 0.4) is 0 Å². The van der Waals surface area contributed by atoms with Crippen LogP contribution in [0.4, 0.5) is 4.39 Å². The Bertz CT molecular complexity index is 733. The third-order valence-corrected chi connectivity index (χ3v) is 3.33. The molecule has 1 amide bonds. The number of halogens is 1. The first-order valence-electron chi connectivity index (χ1n) is 7.20. The molecule has 4 nitrogen and oxygen atoms in total. The van der Waals surface area contributed by atoms with E-state index in [1.165, 1.54) is 6.07 Å². The van der Waals surface area contributed by atoms with Crippen molar-refractivity contribution in [2.45, 2.75) is 13.1 Å². The van der Waals surface area contributed by atoms with E-state index in [0.29, 0.717) is 29.8 Å². The van der Waals surface area contributed by atoms with Gasteiger partial charge >= 0.3 is 0 Å². The summed E-state index contributed by atoms with van der Waals surface area (Å²) in [5.41, 5.74) is 2.43. The standard InChI is InChI=1S/C18H18FN3O/c1-22(2)12-16-9-14(5-8-17(16)19)11-21-18(23)15-6-3-13(10-20)4-7-15/h3-9H,11-12H2,1-2H3,(H,21,23). The van der Waals surface area contributed by atoms with Crippen LogP contribution in [-0.4, -0.2) is 24.9 Å². The molecule has 0 atom stereocenters. The maximum Gasteiger partial charge on any atom is 0.251 e. The number of nitrogens with one attached hydrogen (secondary N) is 1. The van der Waals surface area contributed by atoms with E-state index in [4.69, 9.17) is 5.26 Å². The van der Waals surface area contributed by atoms with E-state index < -0.39 is 0 Å². The molecule has 0 aliphatic rings. The zero-order chi connectivity index (χ0) is 16.8. The van der Waals surface area contributed by atoms with Gasteiger partial charge in [-0.05, 0) is 56.1 Å². The quantitative estimate of drug-likeness (QED) is 0.923. The molecule has 0 aliphatic carbocycles. The number of nitrogens with zero attached hydrogens (tertiary/aromatic N) is 2. The lowest BCUT2D eigenvalue weighted by molar-refractivity contribution is 0.0951. The van der Waals surface area contributed by atoms with Gasteiger partial charge in [-0.1, -0.05) is 6.07 Å². The number of carbonyl (C=O) groups excluding carboxylic acids is 1. The Balaban J connectivity index is 2.02. The van der Waals surface area contributed by atoms with E-state index in [0.717, 1.165) is 5.56 Å². The number of hydrogen-bond acceptors (Lipinski definition) is 3. The van der Waals surface area contributed by atoms with Crippen LogP contribution in [0.25, 0.3) is 0 Å². The molecule has 1 N–H and O–H groups in total. The van der Waals surface area contributed by atoms with Crippen LogP contribution in [0.5, 0.6) is 0 Å². The van der Waals surface area contributed by atoms with Gasteiger partial charge in [-0.25, -0.2) is 4.39 Å². The van der Waals surface area contributed by atoms with Crippen molar-refractivity contribution in [3.63, 3.8) is 0 Å². The number of nitriles is 1. The fourth-order valence-electron chi connectivity index (χ4n) is 2.18. The molecule has 5 heteroatoms. The number of amides is 1. The van der Waals surface area contributed by atoms with Gasteiger partial charge in [0.25, 0.3) is 5.91 Å². The van der Waals surface area contributed by atoms with Gasteiger partial charge in [0.1, 0.15) is 5.82 Å². The lowest BCUT2D eigenvalue weighted by atomic mass is 10.1. The molecule has 0 saturated carbocycles. The van der Waals surface area contributed by atoms with E-state index in [-0.39, 0.29) is 11.7 Å². The molecule has 0 unspecified atom stereocenters. The molecular weight excluding hydrogens is 293 g/mol. The Morgan fingerprint density at radius 3 is 2.52 bits per heavy atom. The van der Waals surface area contributed by atoms with E-state index >= 15 is 0 Å². The van der Waals surface area contributed by atoms with Gasteiger partial charge in [-0.15, -0.1) is 0 Å². The van der Waals surface area contributed by atoms with Crippen molar-refractivity contribution in [1.82, 2.24) is 10.2 Å². The second-order valence-electron chi connectivity index (χ2n) is 5.54. The number of hydrogen-bond donors (Lipinski definition) is 1. The molecule has 2 rings (SSSR count). The summed E-state index contributed by atoms with van der Waals surface area (Å²) in [6.45, 7) is 0.822. The third kappa shape index (κ3) is 4.63. The highest BCUT2D eigenvalue weighted by Gasteiger charge is 2.08. The molecule has 0 spiro atoms. The fraction of sp³-hybridized carbons (Fsp3) is 0.222. The summed E-state index contributed by atoms with van der Waals surface area (Å²) in [6, 6.07) is 13.3.